The fourth-order valence-electron chi connectivity index (χ4n) is 10.2. The molecule has 0 saturated carbocycles. The third kappa shape index (κ3) is 4.51. The van der Waals surface area contributed by atoms with Crippen LogP contribution in [0.5, 0.6) is 0 Å². The Morgan fingerprint density at radius 2 is 1.03 bits per heavy atom. The van der Waals surface area contributed by atoms with E-state index in [9.17, 15) is 0 Å². The maximum atomic E-state index is 5.60. The summed E-state index contributed by atoms with van der Waals surface area (Å²) in [6, 6.07) is 57.5. The van der Waals surface area contributed by atoms with Gasteiger partial charge in [-0.25, -0.2) is 9.97 Å². The van der Waals surface area contributed by atoms with Gasteiger partial charge >= 0.3 is 0 Å². The van der Waals surface area contributed by atoms with E-state index in [1.54, 1.807) is 0 Å². The van der Waals surface area contributed by atoms with Gasteiger partial charge in [0.05, 0.1) is 33.5 Å². The van der Waals surface area contributed by atoms with Crippen molar-refractivity contribution in [3.05, 3.63) is 186 Å². The average molecular weight is 745 g/mol. The van der Waals surface area contributed by atoms with Crippen LogP contribution in [0.1, 0.15) is 50.1 Å². The quantitative estimate of drug-likeness (QED) is 0.180. The molecule has 0 fully saturated rings. The second kappa shape index (κ2) is 11.7. The molecule has 4 nitrogen and oxygen atoms in total. The Kier molecular flexibility index (Phi) is 6.71. The number of fused-ring (bicyclic) bond motifs is 10. The Balaban J connectivity index is 1.06. The fourth-order valence-corrected chi connectivity index (χ4v) is 10.2. The SMILES string of the molecule is CC1(C)C=Cc2c(-c3cccc4c3C(C)(C)c3ccccc3-4)nc(-n3c4ccccc4c4cc(-c5ccc6c(c5)c5ccccc5n6-c5ccccc5)ccc43)nc21. The van der Waals surface area contributed by atoms with E-state index in [0.717, 1.165) is 33.7 Å². The molecule has 2 aliphatic carbocycles. The minimum absolute atomic E-state index is 0.179. The van der Waals surface area contributed by atoms with E-state index >= 15 is 0 Å². The largest absolute Gasteiger partial charge is 0.309 e. The van der Waals surface area contributed by atoms with Gasteiger partial charge in [-0.1, -0.05) is 149 Å². The molecule has 4 heteroatoms. The van der Waals surface area contributed by atoms with Crippen molar-refractivity contribution in [3.8, 4) is 45.1 Å². The lowest BCUT2D eigenvalue weighted by atomic mass is 9.79. The van der Waals surface area contributed by atoms with E-state index in [-0.39, 0.29) is 10.8 Å². The van der Waals surface area contributed by atoms with Gasteiger partial charge in [0.15, 0.2) is 0 Å². The van der Waals surface area contributed by atoms with Gasteiger partial charge in [0.2, 0.25) is 5.95 Å². The Bertz CT molecular complexity index is 3390. The van der Waals surface area contributed by atoms with Crippen molar-refractivity contribution in [2.24, 2.45) is 0 Å². The van der Waals surface area contributed by atoms with Crippen LogP contribution in [0, 0.1) is 0 Å². The van der Waals surface area contributed by atoms with Gasteiger partial charge < -0.3 is 4.57 Å². The van der Waals surface area contributed by atoms with Gasteiger partial charge in [0.1, 0.15) is 0 Å². The van der Waals surface area contributed by atoms with Crippen LogP contribution in [0.3, 0.4) is 0 Å². The number of hydrogen-bond donors (Lipinski definition) is 0. The Morgan fingerprint density at radius 1 is 0.466 bits per heavy atom. The zero-order valence-corrected chi connectivity index (χ0v) is 33.0. The molecular formula is C54H40N4. The van der Waals surface area contributed by atoms with Crippen LogP contribution in [0.15, 0.2) is 164 Å². The van der Waals surface area contributed by atoms with Crippen molar-refractivity contribution in [2.75, 3.05) is 0 Å². The minimum atomic E-state index is -0.244. The molecular weight excluding hydrogens is 705 g/mol. The molecule has 0 radical (unpaired) electrons. The van der Waals surface area contributed by atoms with Crippen LogP contribution in [-0.4, -0.2) is 19.1 Å². The molecule has 0 atom stereocenters. The molecule has 2 aliphatic rings. The van der Waals surface area contributed by atoms with E-state index in [1.807, 2.05) is 0 Å². The molecule has 0 aliphatic heterocycles. The van der Waals surface area contributed by atoms with E-state index < -0.39 is 0 Å². The lowest BCUT2D eigenvalue weighted by Gasteiger charge is -2.25. The maximum Gasteiger partial charge on any atom is 0.235 e. The van der Waals surface area contributed by atoms with E-state index in [4.69, 9.17) is 9.97 Å². The second-order valence-corrected chi connectivity index (χ2v) is 17.1. The normalized spacial score (nSPS) is 14.8. The third-order valence-corrected chi connectivity index (χ3v) is 12.9. The molecule has 3 aromatic heterocycles. The van der Waals surface area contributed by atoms with Crippen LogP contribution in [0.25, 0.3) is 94.8 Å². The number of para-hydroxylation sites is 3. The summed E-state index contributed by atoms with van der Waals surface area (Å²) in [5.74, 6) is 0.700. The van der Waals surface area contributed by atoms with Gasteiger partial charge in [-0.15, -0.1) is 0 Å². The molecule has 12 rings (SSSR count). The van der Waals surface area contributed by atoms with Gasteiger partial charge in [-0.2, -0.15) is 0 Å². The summed E-state index contributed by atoms with van der Waals surface area (Å²) >= 11 is 0. The first-order valence-corrected chi connectivity index (χ1v) is 20.3. The van der Waals surface area contributed by atoms with Gasteiger partial charge in [0, 0.05) is 49.2 Å². The lowest BCUT2D eigenvalue weighted by molar-refractivity contribution is 0.649. The minimum Gasteiger partial charge on any atom is -0.309 e. The molecule has 0 bridgehead atoms. The molecule has 0 unspecified atom stereocenters. The van der Waals surface area contributed by atoms with E-state index in [1.165, 1.54) is 71.5 Å². The molecule has 7 aromatic carbocycles. The summed E-state index contributed by atoms with van der Waals surface area (Å²) in [4.78, 5) is 11.1. The number of hydrogen-bond acceptors (Lipinski definition) is 2. The smallest absolute Gasteiger partial charge is 0.235 e. The van der Waals surface area contributed by atoms with Crippen molar-refractivity contribution < 1.29 is 0 Å². The maximum absolute atomic E-state index is 5.60. The standard InChI is InChI=1S/C54H40N4/c1-53(2)30-29-41-50(40-21-14-20-39-36-17-8-11-22-44(36)54(3,4)49(39)40)55-52(56-51(41)53)58-46-24-13-10-19-38(46)43-32-34(26-28-48(43)58)33-25-27-47-42(31-33)37-18-9-12-23-45(37)57(47)35-15-6-5-7-16-35/h5-32H,1-4H3. The van der Waals surface area contributed by atoms with Crippen molar-refractivity contribution in [1.29, 1.82) is 0 Å². The number of rotatable bonds is 4. The monoisotopic (exact) mass is 744 g/mol. The van der Waals surface area contributed by atoms with E-state index in [0.29, 0.717) is 5.95 Å². The van der Waals surface area contributed by atoms with Crippen LogP contribution < -0.4 is 0 Å². The zero-order valence-electron chi connectivity index (χ0n) is 33.0. The number of aromatic nitrogens is 4. The van der Waals surface area contributed by atoms with Crippen molar-refractivity contribution in [1.82, 2.24) is 19.1 Å². The van der Waals surface area contributed by atoms with Gasteiger partial charge in [0.25, 0.3) is 0 Å². The highest BCUT2D eigenvalue weighted by Gasteiger charge is 2.39. The van der Waals surface area contributed by atoms with Crippen LogP contribution in [-0.2, 0) is 10.8 Å². The average Bonchev–Trinajstić information content (AvgIpc) is 3.95. The topological polar surface area (TPSA) is 35.6 Å². The van der Waals surface area contributed by atoms with Crippen LogP contribution in [0.2, 0.25) is 0 Å². The number of nitrogens with zero attached hydrogens (tertiary/aromatic N) is 4. The van der Waals surface area contributed by atoms with E-state index in [2.05, 4.69) is 207 Å². The van der Waals surface area contributed by atoms with Crippen molar-refractivity contribution in [2.45, 2.75) is 38.5 Å². The predicted octanol–water partition coefficient (Wildman–Crippen LogP) is 13.6. The van der Waals surface area contributed by atoms with Crippen LogP contribution >= 0.6 is 0 Å². The third-order valence-electron chi connectivity index (χ3n) is 12.9. The Hall–Kier alpha value is -7.04. The highest BCUT2D eigenvalue weighted by atomic mass is 15.2. The molecule has 0 spiro atoms. The molecule has 3 heterocycles. The first-order valence-electron chi connectivity index (χ1n) is 20.3. The van der Waals surface area contributed by atoms with Crippen LogP contribution in [0.4, 0.5) is 0 Å². The highest BCUT2D eigenvalue weighted by molar-refractivity contribution is 6.12. The zero-order chi connectivity index (χ0) is 38.9. The molecule has 0 amide bonds. The first-order chi connectivity index (χ1) is 28.3. The van der Waals surface area contributed by atoms with Gasteiger partial charge in [-0.05, 0) is 81.9 Å². The Labute approximate surface area is 337 Å². The fraction of sp³-hybridized carbons (Fsp3) is 0.111. The predicted molar refractivity (Wildman–Crippen MR) is 241 cm³/mol. The summed E-state index contributed by atoms with van der Waals surface area (Å²) in [6.07, 6.45) is 4.53. The summed E-state index contributed by atoms with van der Waals surface area (Å²) in [5, 5.41) is 4.86. The number of benzene rings is 7. The lowest BCUT2D eigenvalue weighted by Crippen LogP contribution is -2.19. The second-order valence-electron chi connectivity index (χ2n) is 17.1. The Morgan fingerprint density at radius 3 is 1.76 bits per heavy atom. The molecule has 10 aromatic rings. The van der Waals surface area contributed by atoms with Crippen molar-refractivity contribution >= 4 is 49.7 Å². The van der Waals surface area contributed by atoms with Gasteiger partial charge in [-0.3, -0.25) is 4.57 Å². The summed E-state index contributed by atoms with van der Waals surface area (Å²) < 4.78 is 4.66. The highest BCUT2D eigenvalue weighted by Crippen LogP contribution is 2.53. The molecule has 276 valence electrons. The molecule has 0 saturated heterocycles. The molecule has 0 N–H and O–H groups in total. The van der Waals surface area contributed by atoms with Crippen molar-refractivity contribution in [3.63, 3.8) is 0 Å². The summed E-state index contributed by atoms with van der Waals surface area (Å²) in [7, 11) is 0. The first kappa shape index (κ1) is 33.1. The molecule has 58 heavy (non-hydrogen) atoms. The summed E-state index contributed by atoms with van der Waals surface area (Å²) in [5.41, 5.74) is 17.3. The number of allylic oxidation sites excluding steroid dienone is 1. The summed E-state index contributed by atoms with van der Waals surface area (Å²) in [6.45, 7) is 9.23.